The van der Waals surface area contributed by atoms with Crippen LogP contribution in [0, 0.1) is 0 Å². The number of hydrogen-bond acceptors (Lipinski definition) is 1. The third-order valence-corrected chi connectivity index (χ3v) is 3.11. The second-order valence-electron chi connectivity index (χ2n) is 3.27. The molecule has 0 saturated heterocycles. The van der Waals surface area contributed by atoms with Gasteiger partial charge in [-0.1, -0.05) is 34.1 Å². The van der Waals surface area contributed by atoms with Gasteiger partial charge in [-0.15, -0.1) is 11.6 Å². The number of halogens is 4. The van der Waals surface area contributed by atoms with E-state index in [-0.39, 0.29) is 29.0 Å². The van der Waals surface area contributed by atoms with E-state index in [1.807, 2.05) is 0 Å². The van der Waals surface area contributed by atoms with E-state index in [2.05, 4.69) is 15.9 Å². The molecule has 1 rings (SSSR count). The third kappa shape index (κ3) is 3.25. The fourth-order valence-electron chi connectivity index (χ4n) is 1.45. The van der Waals surface area contributed by atoms with E-state index in [0.717, 1.165) is 0 Å². The first-order chi connectivity index (χ1) is 7.60. The Kier molecular flexibility index (Phi) is 5.35. The monoisotopic (exact) mass is 310 g/mol. The van der Waals surface area contributed by atoms with Crippen molar-refractivity contribution in [3.8, 4) is 0 Å². The summed E-state index contributed by atoms with van der Waals surface area (Å²) >= 11 is 8.69. The van der Waals surface area contributed by atoms with Crippen LogP contribution in [0.15, 0.2) is 18.2 Å². The molecule has 16 heavy (non-hydrogen) atoms. The minimum Gasteiger partial charge on any atom is -0.298 e. The number of Topliss-reactive ketones (excluding diaryl/α,β-unsaturated/α-hetero) is 1. The van der Waals surface area contributed by atoms with E-state index in [9.17, 15) is 13.6 Å². The molecular formula is C11H10BrClF2O. The van der Waals surface area contributed by atoms with Crippen molar-refractivity contribution >= 4 is 33.3 Å². The molecule has 0 heterocycles. The van der Waals surface area contributed by atoms with Crippen LogP contribution in [-0.4, -0.2) is 11.1 Å². The summed E-state index contributed by atoms with van der Waals surface area (Å²) in [6.45, 7) is 0. The first kappa shape index (κ1) is 13.6. The van der Waals surface area contributed by atoms with Crippen molar-refractivity contribution in [1.29, 1.82) is 0 Å². The largest absolute Gasteiger partial charge is 0.298 e. The van der Waals surface area contributed by atoms with Crippen LogP contribution >= 0.6 is 27.5 Å². The maximum atomic E-state index is 12.7. The van der Waals surface area contributed by atoms with Gasteiger partial charge < -0.3 is 0 Å². The second-order valence-corrected chi connectivity index (χ2v) is 4.10. The van der Waals surface area contributed by atoms with Gasteiger partial charge >= 0.3 is 0 Å². The maximum absolute atomic E-state index is 12.7. The van der Waals surface area contributed by atoms with Crippen molar-refractivity contribution < 1.29 is 13.6 Å². The molecule has 0 aliphatic rings. The normalized spacial score (nSPS) is 10.8. The van der Waals surface area contributed by atoms with Crippen molar-refractivity contribution in [1.82, 2.24) is 0 Å². The molecule has 5 heteroatoms. The predicted octanol–water partition coefficient (Wildman–Crippen LogP) is 3.87. The summed E-state index contributed by atoms with van der Waals surface area (Å²) in [5.41, 5.74) is 0.862. The van der Waals surface area contributed by atoms with Gasteiger partial charge in [-0.25, -0.2) is 8.78 Å². The zero-order valence-corrected chi connectivity index (χ0v) is 10.7. The Morgan fingerprint density at radius 2 is 2.12 bits per heavy atom. The Bertz CT molecular complexity index is 382. The lowest BCUT2D eigenvalue weighted by atomic mass is 9.99. The molecule has 0 amide bonds. The summed E-state index contributed by atoms with van der Waals surface area (Å²) in [5.74, 6) is -0.0661. The van der Waals surface area contributed by atoms with Crippen molar-refractivity contribution in [3.63, 3.8) is 0 Å². The molecule has 1 nitrogen and oxygen atoms in total. The Hall–Kier alpha value is -0.480. The van der Waals surface area contributed by atoms with Gasteiger partial charge in [0.05, 0.1) is 5.33 Å². The van der Waals surface area contributed by atoms with Crippen LogP contribution in [0.2, 0.25) is 0 Å². The molecule has 0 aliphatic heterocycles. The lowest BCUT2D eigenvalue weighted by molar-refractivity contribution is -0.115. The molecule has 0 bridgehead atoms. The summed E-state index contributed by atoms with van der Waals surface area (Å²) in [6, 6.07) is 4.52. The maximum Gasteiger partial charge on any atom is 0.264 e. The molecular weight excluding hydrogens is 301 g/mol. The quantitative estimate of drug-likeness (QED) is 0.755. The van der Waals surface area contributed by atoms with Crippen molar-refractivity contribution in [3.05, 3.63) is 34.9 Å². The van der Waals surface area contributed by atoms with Crippen LogP contribution in [0.4, 0.5) is 8.78 Å². The minimum absolute atomic E-state index is 0.00852. The lowest BCUT2D eigenvalue weighted by Crippen LogP contribution is -2.07. The fourth-order valence-corrected chi connectivity index (χ4v) is 1.97. The Labute approximate surface area is 106 Å². The molecule has 0 N–H and O–H groups in total. The average Bonchev–Trinajstić information content (AvgIpc) is 2.28. The Morgan fingerprint density at radius 3 is 2.62 bits per heavy atom. The molecule has 0 radical (unpaired) electrons. The van der Waals surface area contributed by atoms with Crippen LogP contribution in [0.5, 0.6) is 0 Å². The topological polar surface area (TPSA) is 17.1 Å². The lowest BCUT2D eigenvalue weighted by Gasteiger charge is -2.11. The number of carbonyl (C=O) groups is 1. The van der Waals surface area contributed by atoms with E-state index in [0.29, 0.717) is 11.1 Å². The van der Waals surface area contributed by atoms with E-state index in [4.69, 9.17) is 11.6 Å². The average molecular weight is 312 g/mol. The highest BCUT2D eigenvalue weighted by atomic mass is 79.9. The highest BCUT2D eigenvalue weighted by molar-refractivity contribution is 9.09. The summed E-state index contributed by atoms with van der Waals surface area (Å²) < 4.78 is 25.3. The summed E-state index contributed by atoms with van der Waals surface area (Å²) in [7, 11) is 0. The fraction of sp³-hybridized carbons (Fsp3) is 0.364. The van der Waals surface area contributed by atoms with E-state index in [1.54, 1.807) is 6.07 Å². The first-order valence-corrected chi connectivity index (χ1v) is 6.28. The van der Waals surface area contributed by atoms with Gasteiger partial charge in [0.15, 0.2) is 0 Å². The highest BCUT2D eigenvalue weighted by Crippen LogP contribution is 2.27. The minimum atomic E-state index is -2.56. The number of ketones is 1. The zero-order chi connectivity index (χ0) is 12.1. The van der Waals surface area contributed by atoms with Gasteiger partial charge in [0, 0.05) is 17.9 Å². The molecule has 0 atom stereocenters. The van der Waals surface area contributed by atoms with Gasteiger partial charge in [0.1, 0.15) is 5.78 Å². The number of hydrogen-bond donors (Lipinski definition) is 0. The molecule has 0 aromatic heterocycles. The molecule has 0 unspecified atom stereocenters. The van der Waals surface area contributed by atoms with Crippen LogP contribution in [-0.2, 0) is 17.1 Å². The van der Waals surface area contributed by atoms with Crippen molar-refractivity contribution in [2.45, 2.75) is 18.7 Å². The molecule has 0 saturated carbocycles. The predicted molar refractivity (Wildman–Crippen MR) is 63.5 cm³/mol. The molecule has 0 fully saturated rings. The molecule has 1 aromatic rings. The molecule has 0 aliphatic carbocycles. The SMILES string of the molecule is O=C(CBr)Cc1cccc(C(F)F)c1CCl. The van der Waals surface area contributed by atoms with Crippen LogP contribution < -0.4 is 0 Å². The molecule has 0 spiro atoms. The molecule has 88 valence electrons. The van der Waals surface area contributed by atoms with Crippen molar-refractivity contribution in [2.24, 2.45) is 0 Å². The number of alkyl halides is 4. The smallest absolute Gasteiger partial charge is 0.264 e. The summed E-state index contributed by atoms with van der Waals surface area (Å²) in [5, 5.41) is 0.216. The van der Waals surface area contributed by atoms with Crippen molar-refractivity contribution in [2.75, 3.05) is 5.33 Å². The first-order valence-electron chi connectivity index (χ1n) is 4.62. The van der Waals surface area contributed by atoms with Gasteiger partial charge in [0.2, 0.25) is 0 Å². The summed E-state index contributed by atoms with van der Waals surface area (Å²) in [6.07, 6.45) is -2.43. The van der Waals surface area contributed by atoms with E-state index < -0.39 is 6.43 Å². The van der Waals surface area contributed by atoms with E-state index >= 15 is 0 Å². The highest BCUT2D eigenvalue weighted by Gasteiger charge is 2.16. The van der Waals surface area contributed by atoms with Gasteiger partial charge in [-0.05, 0) is 11.1 Å². The second kappa shape index (κ2) is 6.30. The number of carbonyl (C=O) groups excluding carboxylic acids is 1. The number of benzene rings is 1. The van der Waals surface area contributed by atoms with Crippen LogP contribution in [0.3, 0.4) is 0 Å². The van der Waals surface area contributed by atoms with E-state index in [1.165, 1.54) is 12.1 Å². The van der Waals surface area contributed by atoms with Crippen LogP contribution in [0.1, 0.15) is 23.1 Å². The van der Waals surface area contributed by atoms with Crippen LogP contribution in [0.25, 0.3) is 0 Å². The zero-order valence-electron chi connectivity index (χ0n) is 8.35. The third-order valence-electron chi connectivity index (χ3n) is 2.21. The summed E-state index contributed by atoms with van der Waals surface area (Å²) in [4.78, 5) is 11.3. The van der Waals surface area contributed by atoms with Gasteiger partial charge in [0.25, 0.3) is 6.43 Å². The Morgan fingerprint density at radius 1 is 1.44 bits per heavy atom. The molecule has 1 aromatic carbocycles. The van der Waals surface area contributed by atoms with Gasteiger partial charge in [-0.2, -0.15) is 0 Å². The number of rotatable bonds is 5. The standard InChI is InChI=1S/C11H10BrClF2O/c12-5-8(16)4-7-2-1-3-9(11(14)15)10(7)6-13/h1-3,11H,4-6H2. The Balaban J connectivity index is 3.08. The van der Waals surface area contributed by atoms with Gasteiger partial charge in [-0.3, -0.25) is 4.79 Å².